The van der Waals surface area contributed by atoms with Gasteiger partial charge in [-0.3, -0.25) is 0 Å². The summed E-state index contributed by atoms with van der Waals surface area (Å²) in [4.78, 5) is 0. The molecule has 0 saturated carbocycles. The van der Waals surface area contributed by atoms with E-state index in [2.05, 4.69) is 137 Å². The molecule has 0 atom stereocenters. The first kappa shape index (κ1) is 34.5. The molecule has 0 bridgehead atoms. The zero-order valence-electron chi connectivity index (χ0n) is 22.1. The number of hydrogen-bond donors (Lipinski definition) is 0. The van der Waals surface area contributed by atoms with Crippen LogP contribution >= 0.6 is 15.8 Å². The van der Waals surface area contributed by atoms with Crippen LogP contribution in [0.1, 0.15) is 31.9 Å². The molecule has 5 heteroatoms. The molecule has 0 amide bonds. The summed E-state index contributed by atoms with van der Waals surface area (Å²) in [7, 11) is -1.30. The van der Waals surface area contributed by atoms with Gasteiger partial charge in [-0.2, -0.15) is 0 Å². The molecule has 0 aliphatic carbocycles. The van der Waals surface area contributed by atoms with Crippen LogP contribution < -0.4 is 27.6 Å². The number of hydrogen-bond acceptors (Lipinski definition) is 0. The second-order valence-corrected chi connectivity index (χ2v) is 19.3. The van der Waals surface area contributed by atoms with E-state index in [0.717, 1.165) is 6.16 Å². The fourth-order valence-electron chi connectivity index (χ4n) is 3.50. The minimum atomic E-state index is -1.33. The van der Waals surface area contributed by atoms with Crippen LogP contribution in [0.2, 0.25) is 19.6 Å². The Kier molecular flexibility index (Phi) is 18.4. The van der Waals surface area contributed by atoms with Gasteiger partial charge in [-0.05, 0) is 48.1 Å². The van der Waals surface area contributed by atoms with Crippen molar-refractivity contribution in [2.75, 3.05) is 18.5 Å². The minimum absolute atomic E-state index is 0. The summed E-state index contributed by atoms with van der Waals surface area (Å²) >= 11 is 0. The summed E-state index contributed by atoms with van der Waals surface area (Å²) in [5.41, 5.74) is 6.38. The summed E-state index contributed by atoms with van der Waals surface area (Å²) in [5, 5.41) is 2.86. The molecule has 191 valence electrons. The van der Waals surface area contributed by atoms with Crippen molar-refractivity contribution in [2.24, 2.45) is 0 Å². The predicted octanol–water partition coefficient (Wildman–Crippen LogP) is 5.54. The predicted molar refractivity (Wildman–Crippen MR) is 159 cm³/mol. The van der Waals surface area contributed by atoms with Gasteiger partial charge in [-0.1, -0.05) is 137 Å². The van der Waals surface area contributed by atoms with Crippen molar-refractivity contribution in [3.63, 3.8) is 0 Å². The van der Waals surface area contributed by atoms with Crippen molar-refractivity contribution in [1.82, 2.24) is 0 Å². The Morgan fingerprint density at radius 2 is 1.11 bits per heavy atom. The van der Waals surface area contributed by atoms with Crippen molar-refractivity contribution >= 4 is 40.6 Å². The van der Waals surface area contributed by atoms with E-state index in [1.807, 2.05) is 0 Å². The maximum absolute atomic E-state index is 3.65. The van der Waals surface area contributed by atoms with Gasteiger partial charge in [0.25, 0.3) is 0 Å². The average molecular weight is 630 g/mol. The number of halogens is 1. The molecule has 0 nitrogen and oxygen atoms in total. The van der Waals surface area contributed by atoms with Gasteiger partial charge in [0.05, 0.1) is 8.07 Å². The Hall–Kier alpha value is -0.550. The van der Waals surface area contributed by atoms with Crippen molar-refractivity contribution in [3.8, 4) is 0 Å². The molecular formula is C30H41BrNiP2Si+. The average Bonchev–Trinajstić information content (AvgIpc) is 2.84. The summed E-state index contributed by atoms with van der Waals surface area (Å²) < 4.78 is 0. The molecule has 0 saturated heterocycles. The van der Waals surface area contributed by atoms with Crippen LogP contribution in [0.5, 0.6) is 0 Å². The molecule has 0 unspecified atom stereocenters. The molecule has 0 spiro atoms. The van der Waals surface area contributed by atoms with E-state index in [4.69, 9.17) is 0 Å². The second-order valence-electron chi connectivity index (χ2n) is 9.11. The number of benzene rings is 3. The maximum Gasteiger partial charge on any atom is 2.00 e. The van der Waals surface area contributed by atoms with Crippen LogP contribution in [0.15, 0.2) is 84.9 Å². The van der Waals surface area contributed by atoms with Crippen molar-refractivity contribution in [3.05, 3.63) is 102 Å². The Balaban J connectivity index is 0.00000113. The SMILES string of the molecule is CCP(CC)CC.C[Si](C)(C)[C]=Cc1ccccc1CP(c1ccccc1)c1ccccc1.[Br-].[Ni+2]. The monoisotopic (exact) mass is 628 g/mol. The molecule has 0 aromatic heterocycles. The Morgan fingerprint density at radius 3 is 1.51 bits per heavy atom. The van der Waals surface area contributed by atoms with Crippen LogP contribution in [0.4, 0.5) is 0 Å². The van der Waals surface area contributed by atoms with Crippen LogP contribution in [0, 0.1) is 5.70 Å². The molecule has 0 aliphatic heterocycles. The van der Waals surface area contributed by atoms with E-state index >= 15 is 0 Å². The van der Waals surface area contributed by atoms with Crippen LogP contribution in [0.3, 0.4) is 0 Å². The third kappa shape index (κ3) is 13.0. The molecule has 0 heterocycles. The first-order chi connectivity index (χ1) is 15.9. The van der Waals surface area contributed by atoms with Gasteiger partial charge in [0.2, 0.25) is 0 Å². The topological polar surface area (TPSA) is 0 Å². The fraction of sp³-hybridized carbons (Fsp3) is 0.333. The second kappa shape index (κ2) is 18.7. The molecule has 3 rings (SSSR count). The first-order valence-electron chi connectivity index (χ1n) is 12.2. The van der Waals surface area contributed by atoms with Gasteiger partial charge in [0.15, 0.2) is 0 Å². The quantitative estimate of drug-likeness (QED) is 0.215. The summed E-state index contributed by atoms with van der Waals surface area (Å²) in [6, 6.07) is 30.7. The standard InChI is InChI=1S/C24H26PSi.C6H15P.BrH.Ni/c1-26(2,3)19-18-21-12-10-11-13-22(21)20-25(23-14-6-4-7-15-23)24-16-8-5-9-17-24;1-4-7(5-2)6-3;;/h4-18H,20H2,1-3H3;4-6H2,1-3H3;1H;/q;;;+2/p-1. The summed E-state index contributed by atoms with van der Waals surface area (Å²) in [6.07, 6.45) is 7.54. The molecule has 0 N–H and O–H groups in total. The molecule has 1 radical (unpaired) electrons. The molecular weight excluding hydrogens is 589 g/mol. The summed E-state index contributed by atoms with van der Waals surface area (Å²) in [5.74, 6) is 0. The third-order valence-corrected chi connectivity index (χ3v) is 11.7. The van der Waals surface area contributed by atoms with Gasteiger partial charge >= 0.3 is 16.5 Å². The third-order valence-electron chi connectivity index (χ3n) is 5.52. The van der Waals surface area contributed by atoms with E-state index in [1.54, 1.807) is 0 Å². The normalized spacial score (nSPS) is 11.0. The van der Waals surface area contributed by atoms with Gasteiger partial charge < -0.3 is 17.0 Å². The maximum atomic E-state index is 3.65. The molecule has 35 heavy (non-hydrogen) atoms. The van der Waals surface area contributed by atoms with Gasteiger partial charge in [0, 0.05) is 6.16 Å². The number of rotatable bonds is 9. The van der Waals surface area contributed by atoms with E-state index in [0.29, 0.717) is 7.92 Å². The zero-order valence-corrected chi connectivity index (χ0v) is 27.4. The Bertz CT molecular complexity index is 910. The van der Waals surface area contributed by atoms with Crippen LogP contribution in [0.25, 0.3) is 6.08 Å². The Morgan fingerprint density at radius 1 is 0.686 bits per heavy atom. The summed E-state index contributed by atoms with van der Waals surface area (Å²) in [6.45, 7) is 13.9. The van der Waals surface area contributed by atoms with Crippen molar-refractivity contribution in [1.29, 1.82) is 0 Å². The van der Waals surface area contributed by atoms with Gasteiger partial charge in [-0.25, -0.2) is 0 Å². The van der Waals surface area contributed by atoms with Crippen LogP contribution in [-0.4, -0.2) is 26.6 Å². The van der Waals surface area contributed by atoms with Gasteiger partial charge in [-0.15, -0.1) is 7.92 Å². The Labute approximate surface area is 239 Å². The molecule has 0 aliphatic rings. The van der Waals surface area contributed by atoms with Crippen molar-refractivity contribution < 1.29 is 33.5 Å². The zero-order chi connectivity index (χ0) is 24.1. The van der Waals surface area contributed by atoms with Crippen LogP contribution in [-0.2, 0) is 22.7 Å². The smallest absolute Gasteiger partial charge is 1.00 e. The van der Waals surface area contributed by atoms with Gasteiger partial charge in [0.1, 0.15) is 0 Å². The fourth-order valence-corrected chi connectivity index (χ4v) is 7.79. The van der Waals surface area contributed by atoms with E-state index in [-0.39, 0.29) is 33.5 Å². The molecule has 3 aromatic carbocycles. The minimum Gasteiger partial charge on any atom is -1.00 e. The van der Waals surface area contributed by atoms with Crippen molar-refractivity contribution in [2.45, 2.75) is 46.6 Å². The van der Waals surface area contributed by atoms with E-state index in [9.17, 15) is 0 Å². The largest absolute Gasteiger partial charge is 2.00 e. The van der Waals surface area contributed by atoms with E-state index < -0.39 is 16.0 Å². The molecule has 0 fully saturated rings. The van der Waals surface area contributed by atoms with E-state index in [1.165, 1.54) is 40.2 Å². The molecule has 3 aromatic rings. The first-order valence-corrected chi connectivity index (χ1v) is 19.1.